The van der Waals surface area contributed by atoms with E-state index < -0.39 is 0 Å². The van der Waals surface area contributed by atoms with Crippen LogP contribution in [0.5, 0.6) is 0 Å². The number of thioether (sulfide) groups is 1. The molecule has 0 aromatic carbocycles. The summed E-state index contributed by atoms with van der Waals surface area (Å²) in [7, 11) is 0. The zero-order valence-corrected chi connectivity index (χ0v) is 9.05. The summed E-state index contributed by atoms with van der Waals surface area (Å²) in [5, 5.41) is 4.20. The molecule has 0 saturated carbocycles. The van der Waals surface area contributed by atoms with Crippen LogP contribution in [0, 0.1) is 0 Å². The van der Waals surface area contributed by atoms with E-state index in [1.807, 2.05) is 10.9 Å². The van der Waals surface area contributed by atoms with Crippen molar-refractivity contribution in [2.75, 3.05) is 12.0 Å². The highest BCUT2D eigenvalue weighted by molar-refractivity contribution is 7.98. The van der Waals surface area contributed by atoms with Crippen molar-refractivity contribution in [3.8, 4) is 0 Å². The van der Waals surface area contributed by atoms with Crippen LogP contribution in [0.15, 0.2) is 12.4 Å². The van der Waals surface area contributed by atoms with E-state index in [1.165, 1.54) is 5.56 Å². The molecule has 0 aliphatic rings. The highest BCUT2D eigenvalue weighted by atomic mass is 32.2. The molecule has 0 spiro atoms. The second-order valence-corrected chi connectivity index (χ2v) is 4.03. The summed E-state index contributed by atoms with van der Waals surface area (Å²) in [5.41, 5.74) is 7.15. The van der Waals surface area contributed by atoms with Gasteiger partial charge in [0, 0.05) is 24.5 Å². The van der Waals surface area contributed by atoms with E-state index in [0.29, 0.717) is 0 Å². The third-order valence-corrected chi connectivity index (χ3v) is 2.65. The van der Waals surface area contributed by atoms with E-state index >= 15 is 0 Å². The minimum atomic E-state index is 0.254. The topological polar surface area (TPSA) is 43.8 Å². The minimum absolute atomic E-state index is 0.254. The second-order valence-electron chi connectivity index (χ2n) is 3.12. The van der Waals surface area contributed by atoms with E-state index in [0.717, 1.165) is 18.7 Å². The first-order chi connectivity index (χ1) is 6.26. The number of rotatable bonds is 5. The molecule has 13 heavy (non-hydrogen) atoms. The Kier molecular flexibility index (Phi) is 4.32. The van der Waals surface area contributed by atoms with Gasteiger partial charge in [-0.15, -0.1) is 0 Å². The van der Waals surface area contributed by atoms with Crippen molar-refractivity contribution in [1.82, 2.24) is 9.78 Å². The molecule has 0 saturated heterocycles. The van der Waals surface area contributed by atoms with Gasteiger partial charge in [-0.1, -0.05) is 0 Å². The Hall–Kier alpha value is -0.480. The highest BCUT2D eigenvalue weighted by Crippen LogP contribution is 2.04. The smallest absolute Gasteiger partial charge is 0.0522 e. The largest absolute Gasteiger partial charge is 0.327 e. The van der Waals surface area contributed by atoms with Gasteiger partial charge >= 0.3 is 0 Å². The van der Waals surface area contributed by atoms with Crippen molar-refractivity contribution in [2.45, 2.75) is 25.9 Å². The maximum Gasteiger partial charge on any atom is 0.0522 e. The van der Waals surface area contributed by atoms with Crippen LogP contribution in [0.2, 0.25) is 0 Å². The fourth-order valence-electron chi connectivity index (χ4n) is 1.26. The highest BCUT2D eigenvalue weighted by Gasteiger charge is 2.04. The van der Waals surface area contributed by atoms with E-state index in [1.54, 1.807) is 11.8 Å². The van der Waals surface area contributed by atoms with Crippen molar-refractivity contribution in [3.05, 3.63) is 18.0 Å². The lowest BCUT2D eigenvalue weighted by Crippen LogP contribution is -2.25. The second kappa shape index (κ2) is 5.29. The van der Waals surface area contributed by atoms with Gasteiger partial charge in [-0.25, -0.2) is 0 Å². The van der Waals surface area contributed by atoms with Gasteiger partial charge in [-0.3, -0.25) is 4.68 Å². The molecule has 0 aliphatic carbocycles. The number of aryl methyl sites for hydroxylation is 1. The van der Waals surface area contributed by atoms with E-state index in [9.17, 15) is 0 Å². The molecule has 0 aliphatic heterocycles. The van der Waals surface area contributed by atoms with Crippen molar-refractivity contribution >= 4 is 11.8 Å². The first kappa shape index (κ1) is 10.6. The van der Waals surface area contributed by atoms with Gasteiger partial charge < -0.3 is 5.73 Å². The van der Waals surface area contributed by atoms with Crippen LogP contribution in [0.3, 0.4) is 0 Å². The fraction of sp³-hybridized carbons (Fsp3) is 0.667. The van der Waals surface area contributed by atoms with E-state index in [-0.39, 0.29) is 6.04 Å². The number of aromatic nitrogens is 2. The molecule has 1 unspecified atom stereocenters. The quantitative estimate of drug-likeness (QED) is 0.773. The lowest BCUT2D eigenvalue weighted by molar-refractivity contribution is 0.658. The van der Waals surface area contributed by atoms with Crippen LogP contribution in [0.25, 0.3) is 0 Å². The summed E-state index contributed by atoms with van der Waals surface area (Å²) in [5.74, 6) is 1.01. The van der Waals surface area contributed by atoms with Crippen LogP contribution in [-0.4, -0.2) is 27.8 Å². The van der Waals surface area contributed by atoms with Crippen molar-refractivity contribution < 1.29 is 0 Å². The molecule has 2 N–H and O–H groups in total. The Morgan fingerprint density at radius 2 is 2.46 bits per heavy atom. The number of nitrogens with two attached hydrogens (primary N) is 1. The molecule has 0 radical (unpaired) electrons. The zero-order chi connectivity index (χ0) is 9.68. The predicted octanol–water partition coefficient (Wildman–Crippen LogP) is 1.14. The molecule has 74 valence electrons. The van der Waals surface area contributed by atoms with Crippen LogP contribution in [0.4, 0.5) is 0 Å². The van der Waals surface area contributed by atoms with Crippen LogP contribution in [0.1, 0.15) is 12.5 Å². The lowest BCUT2D eigenvalue weighted by Gasteiger charge is -2.06. The van der Waals surface area contributed by atoms with Gasteiger partial charge in [0.2, 0.25) is 0 Å². The van der Waals surface area contributed by atoms with Crippen LogP contribution < -0.4 is 5.73 Å². The van der Waals surface area contributed by atoms with Gasteiger partial charge in [0.05, 0.1) is 6.20 Å². The van der Waals surface area contributed by atoms with E-state index in [4.69, 9.17) is 5.73 Å². The summed E-state index contributed by atoms with van der Waals surface area (Å²) >= 11 is 1.79. The molecule has 1 aromatic heterocycles. The third kappa shape index (κ3) is 3.40. The molecular weight excluding hydrogens is 182 g/mol. The van der Waals surface area contributed by atoms with Gasteiger partial charge in [-0.05, 0) is 25.2 Å². The normalized spacial score (nSPS) is 13.2. The summed E-state index contributed by atoms with van der Waals surface area (Å²) in [6.07, 6.45) is 6.99. The maximum absolute atomic E-state index is 5.91. The van der Waals surface area contributed by atoms with Crippen molar-refractivity contribution in [1.29, 1.82) is 0 Å². The number of hydrogen-bond donors (Lipinski definition) is 1. The van der Waals surface area contributed by atoms with Gasteiger partial charge in [-0.2, -0.15) is 16.9 Å². The maximum atomic E-state index is 5.91. The SMILES string of the molecule is CCn1cc(CC(N)CSC)cn1. The van der Waals surface area contributed by atoms with Gasteiger partial charge in [0.1, 0.15) is 0 Å². The Morgan fingerprint density at radius 1 is 1.69 bits per heavy atom. The first-order valence-corrected chi connectivity index (χ1v) is 5.91. The Bertz CT molecular complexity index is 247. The monoisotopic (exact) mass is 199 g/mol. The molecule has 1 aromatic rings. The summed E-state index contributed by atoms with van der Waals surface area (Å²) in [4.78, 5) is 0. The van der Waals surface area contributed by atoms with E-state index in [2.05, 4.69) is 24.5 Å². The number of nitrogens with zero attached hydrogens (tertiary/aromatic N) is 2. The molecule has 4 heteroatoms. The van der Waals surface area contributed by atoms with Crippen molar-refractivity contribution in [2.24, 2.45) is 5.73 Å². The molecule has 0 fully saturated rings. The first-order valence-electron chi connectivity index (χ1n) is 4.52. The average Bonchev–Trinajstić information content (AvgIpc) is 2.52. The summed E-state index contributed by atoms with van der Waals surface area (Å²) in [6, 6.07) is 0.254. The van der Waals surface area contributed by atoms with Gasteiger partial charge in [0.15, 0.2) is 0 Å². The molecule has 1 rings (SSSR count). The summed E-state index contributed by atoms with van der Waals surface area (Å²) in [6.45, 7) is 3.01. The Balaban J connectivity index is 2.44. The third-order valence-electron chi connectivity index (χ3n) is 1.89. The average molecular weight is 199 g/mol. The molecule has 1 atom stereocenters. The fourth-order valence-corrected chi connectivity index (χ4v) is 1.81. The molecule has 0 bridgehead atoms. The van der Waals surface area contributed by atoms with Gasteiger partial charge in [0.25, 0.3) is 0 Å². The molecule has 0 amide bonds. The zero-order valence-electron chi connectivity index (χ0n) is 8.23. The molecule has 1 heterocycles. The Labute approximate surface area is 83.7 Å². The van der Waals surface area contributed by atoms with Crippen molar-refractivity contribution in [3.63, 3.8) is 0 Å². The lowest BCUT2D eigenvalue weighted by atomic mass is 10.1. The van der Waals surface area contributed by atoms with Crippen LogP contribution >= 0.6 is 11.8 Å². The summed E-state index contributed by atoms with van der Waals surface area (Å²) < 4.78 is 1.93. The standard InChI is InChI=1S/C9H17N3S/c1-3-12-6-8(5-11-12)4-9(10)7-13-2/h5-6,9H,3-4,7,10H2,1-2H3. The predicted molar refractivity (Wildman–Crippen MR) is 58.0 cm³/mol. The number of hydrogen-bond acceptors (Lipinski definition) is 3. The minimum Gasteiger partial charge on any atom is -0.327 e. The molecular formula is C9H17N3S. The van der Waals surface area contributed by atoms with Crippen LogP contribution in [-0.2, 0) is 13.0 Å². The Morgan fingerprint density at radius 3 is 3.00 bits per heavy atom. The molecule has 3 nitrogen and oxygen atoms in total.